The number of hydrogen-bond acceptors (Lipinski definition) is 7. The maximum Gasteiger partial charge on any atom is 0.410 e. The Balaban J connectivity index is 1.43. The molecule has 3 aliphatic heterocycles. The van der Waals surface area contributed by atoms with Crippen molar-refractivity contribution in [3.05, 3.63) is 29.3 Å². The number of nitrogens with zero attached hydrogens (tertiary/aromatic N) is 2. The fourth-order valence-electron chi connectivity index (χ4n) is 4.41. The molecule has 0 aliphatic carbocycles. The number of amides is 5. The molecule has 0 spiro atoms. The highest BCUT2D eigenvalue weighted by molar-refractivity contribution is 6.25. The highest BCUT2D eigenvalue weighted by Crippen LogP contribution is 2.32. The lowest BCUT2D eigenvalue weighted by molar-refractivity contribution is -0.136. The first-order chi connectivity index (χ1) is 15.5. The van der Waals surface area contributed by atoms with Crippen molar-refractivity contribution in [1.82, 2.24) is 15.1 Å². The zero-order valence-corrected chi connectivity index (χ0v) is 19.0. The van der Waals surface area contributed by atoms with Crippen LogP contribution in [-0.4, -0.2) is 70.8 Å². The van der Waals surface area contributed by atoms with Crippen LogP contribution in [0.3, 0.4) is 0 Å². The summed E-state index contributed by atoms with van der Waals surface area (Å²) in [6.45, 7) is 7.11. The fraction of sp³-hybridized carbons (Fsp3) is 0.522. The Morgan fingerprint density at radius 2 is 1.91 bits per heavy atom. The number of carbonyl (C=O) groups is 5. The summed E-state index contributed by atoms with van der Waals surface area (Å²) in [5, 5.41) is 5.45. The van der Waals surface area contributed by atoms with E-state index in [1.165, 1.54) is 0 Å². The Kier molecular flexibility index (Phi) is 5.85. The molecule has 4 rings (SSSR count). The Morgan fingerprint density at radius 1 is 1.15 bits per heavy atom. The van der Waals surface area contributed by atoms with Gasteiger partial charge in [-0.1, -0.05) is 6.07 Å². The highest BCUT2D eigenvalue weighted by atomic mass is 16.6. The summed E-state index contributed by atoms with van der Waals surface area (Å²) in [5.74, 6) is -1.97. The average Bonchev–Trinajstić information content (AvgIpc) is 3.30. The minimum Gasteiger partial charge on any atom is -0.444 e. The van der Waals surface area contributed by atoms with Gasteiger partial charge in [0.1, 0.15) is 11.6 Å². The SMILES string of the molecule is CC(C)(C)OC(=O)N1CCC(CNc2cccc3c2C(=O)N(C2CCC(=O)NC2=O)C3=O)C1. The Morgan fingerprint density at radius 3 is 2.61 bits per heavy atom. The number of rotatable bonds is 4. The van der Waals surface area contributed by atoms with Gasteiger partial charge in [-0.05, 0) is 51.7 Å². The molecular weight excluding hydrogens is 428 g/mol. The number of imide groups is 2. The number of anilines is 1. The van der Waals surface area contributed by atoms with Gasteiger partial charge in [-0.25, -0.2) is 4.79 Å². The van der Waals surface area contributed by atoms with Gasteiger partial charge in [0.2, 0.25) is 11.8 Å². The van der Waals surface area contributed by atoms with Gasteiger partial charge in [-0.15, -0.1) is 0 Å². The van der Waals surface area contributed by atoms with Crippen LogP contribution in [0, 0.1) is 5.92 Å². The summed E-state index contributed by atoms with van der Waals surface area (Å²) in [7, 11) is 0. The van der Waals surface area contributed by atoms with Crippen molar-refractivity contribution in [2.45, 2.75) is 51.7 Å². The van der Waals surface area contributed by atoms with Crippen LogP contribution in [0.2, 0.25) is 0 Å². The first kappa shape index (κ1) is 22.8. The number of likely N-dealkylation sites (tertiary alicyclic amines) is 1. The van der Waals surface area contributed by atoms with Crippen molar-refractivity contribution in [3.63, 3.8) is 0 Å². The molecule has 0 radical (unpaired) electrons. The van der Waals surface area contributed by atoms with Crippen LogP contribution < -0.4 is 10.6 Å². The number of hydrogen-bond donors (Lipinski definition) is 2. The molecule has 2 saturated heterocycles. The molecule has 2 N–H and O–H groups in total. The molecule has 10 nitrogen and oxygen atoms in total. The minimum absolute atomic E-state index is 0.0742. The van der Waals surface area contributed by atoms with Crippen LogP contribution in [0.4, 0.5) is 10.5 Å². The second-order valence-corrected chi connectivity index (χ2v) is 9.64. The van der Waals surface area contributed by atoms with E-state index in [2.05, 4.69) is 10.6 Å². The molecule has 33 heavy (non-hydrogen) atoms. The van der Waals surface area contributed by atoms with Gasteiger partial charge in [0.15, 0.2) is 0 Å². The van der Waals surface area contributed by atoms with E-state index in [4.69, 9.17) is 4.74 Å². The van der Waals surface area contributed by atoms with E-state index in [1.807, 2.05) is 20.8 Å². The van der Waals surface area contributed by atoms with Gasteiger partial charge in [0.25, 0.3) is 11.8 Å². The predicted molar refractivity (Wildman–Crippen MR) is 118 cm³/mol. The molecule has 2 unspecified atom stereocenters. The second-order valence-electron chi connectivity index (χ2n) is 9.64. The Bertz CT molecular complexity index is 1030. The van der Waals surface area contributed by atoms with Crippen LogP contribution in [0.15, 0.2) is 18.2 Å². The Labute approximate surface area is 191 Å². The van der Waals surface area contributed by atoms with Crippen molar-refractivity contribution in [1.29, 1.82) is 0 Å². The van der Waals surface area contributed by atoms with Crippen molar-refractivity contribution in [2.75, 3.05) is 25.0 Å². The van der Waals surface area contributed by atoms with Crippen molar-refractivity contribution >= 4 is 35.4 Å². The highest BCUT2D eigenvalue weighted by Gasteiger charge is 2.45. The normalized spacial score (nSPS) is 23.0. The number of carbonyl (C=O) groups excluding carboxylic acids is 5. The standard InChI is InChI=1S/C23H28N4O6/c1-23(2,3)33-22(32)26-10-9-13(12-26)11-24-15-6-4-5-14-18(15)21(31)27(20(14)30)16-7-8-17(28)25-19(16)29/h4-6,13,16,24H,7-12H2,1-3H3,(H,25,28,29). The molecule has 1 aromatic carbocycles. The third kappa shape index (κ3) is 4.55. The Hall–Kier alpha value is -3.43. The van der Waals surface area contributed by atoms with E-state index < -0.39 is 35.3 Å². The molecule has 3 heterocycles. The van der Waals surface area contributed by atoms with Crippen molar-refractivity contribution in [3.8, 4) is 0 Å². The summed E-state index contributed by atoms with van der Waals surface area (Å²) in [5.41, 5.74) is 0.418. The maximum atomic E-state index is 13.2. The van der Waals surface area contributed by atoms with E-state index >= 15 is 0 Å². The third-order valence-electron chi connectivity index (χ3n) is 5.99. The van der Waals surface area contributed by atoms with Gasteiger partial charge in [-0.2, -0.15) is 0 Å². The molecular formula is C23H28N4O6. The van der Waals surface area contributed by atoms with E-state index in [9.17, 15) is 24.0 Å². The van der Waals surface area contributed by atoms with E-state index in [0.29, 0.717) is 25.3 Å². The van der Waals surface area contributed by atoms with Crippen LogP contribution in [-0.2, 0) is 14.3 Å². The average molecular weight is 456 g/mol. The summed E-state index contributed by atoms with van der Waals surface area (Å²) < 4.78 is 5.43. The number of benzene rings is 1. The summed E-state index contributed by atoms with van der Waals surface area (Å²) in [6, 6.07) is 3.97. The lowest BCUT2D eigenvalue weighted by atomic mass is 10.0. The molecule has 10 heteroatoms. The largest absolute Gasteiger partial charge is 0.444 e. The van der Waals surface area contributed by atoms with E-state index in [1.54, 1.807) is 23.1 Å². The van der Waals surface area contributed by atoms with Crippen LogP contribution in [0.1, 0.15) is 60.7 Å². The molecule has 1 aromatic rings. The van der Waals surface area contributed by atoms with E-state index in [-0.39, 0.29) is 36.0 Å². The fourth-order valence-corrected chi connectivity index (χ4v) is 4.41. The number of ether oxygens (including phenoxy) is 1. The lowest BCUT2D eigenvalue weighted by Crippen LogP contribution is -2.54. The minimum atomic E-state index is -1.000. The third-order valence-corrected chi connectivity index (χ3v) is 5.99. The predicted octanol–water partition coefficient (Wildman–Crippen LogP) is 1.76. The molecule has 3 aliphatic rings. The molecule has 176 valence electrons. The second kappa shape index (κ2) is 8.49. The summed E-state index contributed by atoms with van der Waals surface area (Å²) in [4.78, 5) is 64.7. The number of nitrogens with one attached hydrogen (secondary N) is 2. The molecule has 0 bridgehead atoms. The quantitative estimate of drug-likeness (QED) is 0.661. The molecule has 0 aromatic heterocycles. The van der Waals surface area contributed by atoms with Gasteiger partial charge in [0, 0.05) is 31.7 Å². The lowest BCUT2D eigenvalue weighted by Gasteiger charge is -2.27. The monoisotopic (exact) mass is 456 g/mol. The molecule has 2 atom stereocenters. The smallest absolute Gasteiger partial charge is 0.410 e. The zero-order chi connectivity index (χ0) is 23.9. The van der Waals surface area contributed by atoms with Crippen LogP contribution in [0.5, 0.6) is 0 Å². The van der Waals surface area contributed by atoms with Gasteiger partial charge < -0.3 is 15.0 Å². The topological polar surface area (TPSA) is 125 Å². The van der Waals surface area contributed by atoms with Crippen molar-refractivity contribution < 1.29 is 28.7 Å². The van der Waals surface area contributed by atoms with Crippen LogP contribution >= 0.6 is 0 Å². The number of fused-ring (bicyclic) bond motifs is 1. The number of piperidine rings is 1. The van der Waals surface area contributed by atoms with Crippen LogP contribution in [0.25, 0.3) is 0 Å². The van der Waals surface area contributed by atoms with Gasteiger partial charge in [-0.3, -0.25) is 29.4 Å². The molecule has 0 saturated carbocycles. The maximum absolute atomic E-state index is 13.2. The van der Waals surface area contributed by atoms with Crippen molar-refractivity contribution in [2.24, 2.45) is 5.92 Å². The van der Waals surface area contributed by atoms with E-state index in [0.717, 1.165) is 11.3 Å². The first-order valence-electron chi connectivity index (χ1n) is 11.1. The van der Waals surface area contributed by atoms with Gasteiger partial charge in [0.05, 0.1) is 11.1 Å². The molecule has 2 fully saturated rings. The summed E-state index contributed by atoms with van der Waals surface area (Å²) >= 11 is 0. The zero-order valence-electron chi connectivity index (χ0n) is 19.0. The van der Waals surface area contributed by atoms with Gasteiger partial charge >= 0.3 is 6.09 Å². The first-order valence-corrected chi connectivity index (χ1v) is 11.1. The summed E-state index contributed by atoms with van der Waals surface area (Å²) in [6.07, 6.45) is 0.634. The molecule has 5 amide bonds.